The number of aromatic nitrogens is 3. The lowest BCUT2D eigenvalue weighted by Gasteiger charge is -2.26. The first kappa shape index (κ1) is 13.5. The molecule has 4 heteroatoms. The van der Waals surface area contributed by atoms with Crippen molar-refractivity contribution >= 4 is 10.9 Å². The lowest BCUT2D eigenvalue weighted by Crippen LogP contribution is -2.31. The van der Waals surface area contributed by atoms with Crippen LogP contribution in [-0.4, -0.2) is 28.0 Å². The summed E-state index contributed by atoms with van der Waals surface area (Å²) in [5, 5.41) is 5.67. The summed E-state index contributed by atoms with van der Waals surface area (Å²) in [7, 11) is 0. The monoisotopic (exact) mass is 293 g/mol. The van der Waals surface area contributed by atoms with Crippen molar-refractivity contribution in [2.75, 3.05) is 13.2 Å². The summed E-state index contributed by atoms with van der Waals surface area (Å²) in [6, 6.07) is 11.1. The largest absolute Gasteiger partial charge is 0.377 e. The van der Waals surface area contributed by atoms with Gasteiger partial charge >= 0.3 is 0 Å². The lowest BCUT2D eigenvalue weighted by molar-refractivity contribution is -0.0266. The van der Waals surface area contributed by atoms with Gasteiger partial charge in [-0.3, -0.25) is 9.67 Å². The Hall–Kier alpha value is -2.20. The third kappa shape index (κ3) is 2.20. The first-order valence-electron chi connectivity index (χ1n) is 7.74. The van der Waals surface area contributed by atoms with Crippen LogP contribution in [0.5, 0.6) is 0 Å². The van der Waals surface area contributed by atoms with Crippen molar-refractivity contribution in [3.05, 3.63) is 48.3 Å². The highest BCUT2D eigenvalue weighted by molar-refractivity contribution is 5.84. The molecule has 1 aliphatic heterocycles. The van der Waals surface area contributed by atoms with E-state index in [9.17, 15) is 0 Å². The first-order chi connectivity index (χ1) is 10.7. The van der Waals surface area contributed by atoms with Gasteiger partial charge in [0, 0.05) is 17.1 Å². The molecular formula is C18H19N3O. The fourth-order valence-electron chi connectivity index (χ4n) is 2.83. The fourth-order valence-corrected chi connectivity index (χ4v) is 2.83. The van der Waals surface area contributed by atoms with Crippen LogP contribution in [0, 0.1) is 0 Å². The van der Waals surface area contributed by atoms with E-state index in [2.05, 4.69) is 58.9 Å². The Morgan fingerprint density at radius 3 is 2.77 bits per heavy atom. The van der Waals surface area contributed by atoms with E-state index in [1.807, 2.05) is 12.4 Å². The van der Waals surface area contributed by atoms with Crippen molar-refractivity contribution in [1.82, 2.24) is 14.8 Å². The average molecular weight is 293 g/mol. The molecular weight excluding hydrogens is 274 g/mol. The smallest absolute Gasteiger partial charge is 0.0992 e. The minimum atomic E-state index is 0.380. The summed E-state index contributed by atoms with van der Waals surface area (Å²) in [5.41, 5.74) is 4.64. The highest BCUT2D eigenvalue weighted by Crippen LogP contribution is 2.28. The zero-order valence-corrected chi connectivity index (χ0v) is 12.9. The Morgan fingerprint density at radius 2 is 2.05 bits per heavy atom. The summed E-state index contributed by atoms with van der Waals surface area (Å²) in [6.45, 7) is 5.92. The van der Waals surface area contributed by atoms with Crippen LogP contribution in [-0.2, 0) is 4.74 Å². The van der Waals surface area contributed by atoms with Crippen molar-refractivity contribution in [3.63, 3.8) is 0 Å². The van der Waals surface area contributed by atoms with E-state index in [1.54, 1.807) is 0 Å². The number of fused-ring (bicyclic) bond motifs is 1. The summed E-state index contributed by atoms with van der Waals surface area (Å²) < 4.78 is 7.34. The molecule has 0 saturated carbocycles. The SMILES string of the molecule is CC(C)c1ccnc(-c2ccc3c(cnn3C3COC3)c2)c1. The number of hydrogen-bond acceptors (Lipinski definition) is 3. The average Bonchev–Trinajstić information content (AvgIpc) is 2.89. The highest BCUT2D eigenvalue weighted by Gasteiger charge is 2.22. The molecule has 1 aliphatic rings. The molecule has 2 aromatic heterocycles. The number of nitrogens with zero attached hydrogens (tertiary/aromatic N) is 3. The lowest BCUT2D eigenvalue weighted by atomic mass is 10.0. The Labute approximate surface area is 129 Å². The summed E-state index contributed by atoms with van der Waals surface area (Å²) in [6.07, 6.45) is 3.83. The second-order valence-electron chi connectivity index (χ2n) is 6.18. The van der Waals surface area contributed by atoms with Gasteiger partial charge in [-0.25, -0.2) is 0 Å². The van der Waals surface area contributed by atoms with Crippen molar-refractivity contribution < 1.29 is 4.74 Å². The molecule has 1 fully saturated rings. The summed E-state index contributed by atoms with van der Waals surface area (Å²) in [4.78, 5) is 4.52. The van der Waals surface area contributed by atoms with Gasteiger partial charge in [-0.15, -0.1) is 0 Å². The molecule has 0 N–H and O–H groups in total. The third-order valence-corrected chi connectivity index (χ3v) is 4.31. The van der Waals surface area contributed by atoms with Crippen LogP contribution in [0.3, 0.4) is 0 Å². The molecule has 0 bridgehead atoms. The molecule has 0 unspecified atom stereocenters. The summed E-state index contributed by atoms with van der Waals surface area (Å²) >= 11 is 0. The van der Waals surface area contributed by atoms with E-state index in [0.29, 0.717) is 12.0 Å². The molecule has 1 saturated heterocycles. The van der Waals surface area contributed by atoms with Crippen molar-refractivity contribution in [1.29, 1.82) is 0 Å². The van der Waals surface area contributed by atoms with E-state index in [-0.39, 0.29) is 0 Å². The van der Waals surface area contributed by atoms with Gasteiger partial charge < -0.3 is 4.74 Å². The van der Waals surface area contributed by atoms with Crippen LogP contribution in [0.4, 0.5) is 0 Å². The van der Waals surface area contributed by atoms with Gasteiger partial charge in [-0.2, -0.15) is 5.10 Å². The Kier molecular flexibility index (Phi) is 3.19. The number of rotatable bonds is 3. The van der Waals surface area contributed by atoms with Gasteiger partial charge in [0.25, 0.3) is 0 Å². The van der Waals surface area contributed by atoms with Crippen LogP contribution in [0.25, 0.3) is 22.2 Å². The van der Waals surface area contributed by atoms with Crippen LogP contribution in [0.15, 0.2) is 42.7 Å². The quantitative estimate of drug-likeness (QED) is 0.737. The van der Waals surface area contributed by atoms with Crippen molar-refractivity contribution in [2.45, 2.75) is 25.8 Å². The number of pyridine rings is 1. The summed E-state index contributed by atoms with van der Waals surface area (Å²) in [5.74, 6) is 0.506. The van der Waals surface area contributed by atoms with Crippen LogP contribution in [0.1, 0.15) is 31.4 Å². The Morgan fingerprint density at radius 1 is 1.18 bits per heavy atom. The van der Waals surface area contributed by atoms with E-state index >= 15 is 0 Å². The molecule has 0 aliphatic carbocycles. The Bertz CT molecular complexity index is 818. The fraction of sp³-hybridized carbons (Fsp3) is 0.333. The van der Waals surface area contributed by atoms with Crippen molar-refractivity contribution in [3.8, 4) is 11.3 Å². The second-order valence-corrected chi connectivity index (χ2v) is 6.18. The third-order valence-electron chi connectivity index (χ3n) is 4.31. The second kappa shape index (κ2) is 5.21. The van der Waals surface area contributed by atoms with E-state index in [0.717, 1.165) is 35.4 Å². The molecule has 22 heavy (non-hydrogen) atoms. The zero-order chi connectivity index (χ0) is 15.1. The predicted octanol–water partition coefficient (Wildman–Crippen LogP) is 3.79. The topological polar surface area (TPSA) is 39.9 Å². The van der Waals surface area contributed by atoms with Gasteiger partial charge in [0.2, 0.25) is 0 Å². The Balaban J connectivity index is 1.75. The maximum atomic E-state index is 5.27. The predicted molar refractivity (Wildman–Crippen MR) is 86.9 cm³/mol. The normalized spacial score (nSPS) is 15.4. The van der Waals surface area contributed by atoms with Crippen molar-refractivity contribution in [2.24, 2.45) is 0 Å². The number of hydrogen-bond donors (Lipinski definition) is 0. The van der Waals surface area contributed by atoms with Gasteiger partial charge in [0.15, 0.2) is 0 Å². The van der Waals surface area contributed by atoms with E-state index in [4.69, 9.17) is 4.74 Å². The van der Waals surface area contributed by atoms with Gasteiger partial charge in [0.05, 0.1) is 36.7 Å². The van der Waals surface area contributed by atoms with Gasteiger partial charge in [0.1, 0.15) is 0 Å². The van der Waals surface area contributed by atoms with Gasteiger partial charge in [-0.1, -0.05) is 19.9 Å². The molecule has 0 spiro atoms. The molecule has 3 heterocycles. The molecule has 3 aromatic rings. The van der Waals surface area contributed by atoms with Crippen LogP contribution >= 0.6 is 0 Å². The van der Waals surface area contributed by atoms with Gasteiger partial charge in [-0.05, 0) is 35.7 Å². The molecule has 4 nitrogen and oxygen atoms in total. The highest BCUT2D eigenvalue weighted by atomic mass is 16.5. The molecule has 0 atom stereocenters. The molecule has 0 radical (unpaired) electrons. The zero-order valence-electron chi connectivity index (χ0n) is 12.9. The molecule has 4 rings (SSSR count). The molecule has 0 amide bonds. The maximum Gasteiger partial charge on any atom is 0.0992 e. The standard InChI is InChI=1S/C18H19N3O/c1-12(2)13-5-6-19-17(8-13)14-3-4-18-15(7-14)9-20-21(18)16-10-22-11-16/h3-9,12,16H,10-11H2,1-2H3. The number of ether oxygens (including phenoxy) is 1. The van der Waals surface area contributed by atoms with E-state index < -0.39 is 0 Å². The molecule has 1 aromatic carbocycles. The van der Waals surface area contributed by atoms with Crippen LogP contribution in [0.2, 0.25) is 0 Å². The number of benzene rings is 1. The minimum absolute atomic E-state index is 0.380. The van der Waals surface area contributed by atoms with E-state index in [1.165, 1.54) is 5.56 Å². The van der Waals surface area contributed by atoms with Crippen LogP contribution < -0.4 is 0 Å². The molecule has 112 valence electrons. The minimum Gasteiger partial charge on any atom is -0.377 e. The maximum absolute atomic E-state index is 5.27. The first-order valence-corrected chi connectivity index (χ1v) is 7.74.